The quantitative estimate of drug-likeness (QED) is 0.402. The molecule has 188 valence electrons. The molecule has 3 atom stereocenters. The fraction of sp³-hybridized carbons (Fsp3) is 0.519. The predicted molar refractivity (Wildman–Crippen MR) is 134 cm³/mol. The van der Waals surface area contributed by atoms with Gasteiger partial charge in [-0.2, -0.15) is 0 Å². The average molecular weight is 481 g/mol. The van der Waals surface area contributed by atoms with Gasteiger partial charge < -0.3 is 24.4 Å². The second kappa shape index (κ2) is 11.6. The fourth-order valence-corrected chi connectivity index (χ4v) is 5.24. The Labute approximate surface area is 206 Å². The van der Waals surface area contributed by atoms with E-state index in [4.69, 9.17) is 4.74 Å². The normalized spacial score (nSPS) is 19.6. The van der Waals surface area contributed by atoms with Gasteiger partial charge in [-0.15, -0.1) is 0 Å². The van der Waals surface area contributed by atoms with Gasteiger partial charge in [0.1, 0.15) is 11.6 Å². The third-order valence-electron chi connectivity index (χ3n) is 7.36. The number of aliphatic hydroxyl groups is 1. The molecule has 1 fully saturated rings. The van der Waals surface area contributed by atoms with Crippen molar-refractivity contribution >= 4 is 16.9 Å². The Morgan fingerprint density at radius 1 is 1.23 bits per heavy atom. The molecule has 1 aliphatic heterocycles. The standard InChI is InChI=1S/C27H36N4O4/c1-30-16-13-29-26(30)5-3-4-14-31-15-11-19(23(18-31)27(33)34)6-9-25(32)21-10-12-28-24-8-7-20(35-2)17-22(21)24/h7-8,10,12-13,16-17,19,23,25,32H,3-6,9,11,14-15,18H2,1-2H3,(H,33,34)/t19-,23+,25-/m1/s1. The monoisotopic (exact) mass is 480 g/mol. The number of aryl methyl sites for hydroxylation is 2. The van der Waals surface area contributed by atoms with Crippen molar-refractivity contribution in [1.29, 1.82) is 0 Å². The van der Waals surface area contributed by atoms with Gasteiger partial charge in [0, 0.05) is 44.0 Å². The number of piperidine rings is 1. The van der Waals surface area contributed by atoms with Gasteiger partial charge in [-0.05, 0) is 80.9 Å². The number of fused-ring (bicyclic) bond motifs is 1. The molecular weight excluding hydrogens is 444 g/mol. The Balaban J connectivity index is 1.30. The van der Waals surface area contributed by atoms with Gasteiger partial charge in [-0.1, -0.05) is 0 Å². The molecule has 1 aliphatic rings. The number of ether oxygens (including phenoxy) is 1. The van der Waals surface area contributed by atoms with Crippen LogP contribution in [0.15, 0.2) is 42.9 Å². The molecule has 4 rings (SSSR count). The van der Waals surface area contributed by atoms with E-state index in [-0.39, 0.29) is 5.92 Å². The lowest BCUT2D eigenvalue weighted by atomic mass is 9.81. The zero-order valence-corrected chi connectivity index (χ0v) is 20.6. The van der Waals surface area contributed by atoms with Gasteiger partial charge in [0.05, 0.1) is 24.6 Å². The van der Waals surface area contributed by atoms with Crippen LogP contribution in [-0.2, 0) is 18.3 Å². The SMILES string of the molecule is COc1ccc2nccc([C@H](O)CC[C@@H]3CCN(CCCCc4nccn4C)C[C@@H]3C(=O)O)c2c1. The number of aliphatic carboxylic acids is 1. The fourth-order valence-electron chi connectivity index (χ4n) is 5.24. The third kappa shape index (κ3) is 6.18. The summed E-state index contributed by atoms with van der Waals surface area (Å²) < 4.78 is 7.39. The lowest BCUT2D eigenvalue weighted by Crippen LogP contribution is -2.44. The summed E-state index contributed by atoms with van der Waals surface area (Å²) in [6.45, 7) is 2.39. The minimum atomic E-state index is -0.735. The number of aromatic nitrogens is 3. The molecule has 35 heavy (non-hydrogen) atoms. The Bertz CT molecular complexity index is 1130. The van der Waals surface area contributed by atoms with E-state index in [1.807, 2.05) is 48.3 Å². The van der Waals surface area contributed by atoms with Gasteiger partial charge >= 0.3 is 5.97 Å². The van der Waals surface area contributed by atoms with Crippen molar-refractivity contribution in [2.75, 3.05) is 26.7 Å². The second-order valence-electron chi connectivity index (χ2n) is 9.58. The van der Waals surface area contributed by atoms with Crippen LogP contribution in [0.3, 0.4) is 0 Å². The number of imidazole rings is 1. The van der Waals surface area contributed by atoms with Crippen LogP contribution in [-0.4, -0.2) is 62.4 Å². The van der Waals surface area contributed by atoms with Crippen molar-refractivity contribution in [3.8, 4) is 5.75 Å². The number of pyridine rings is 1. The predicted octanol–water partition coefficient (Wildman–Crippen LogP) is 3.84. The van der Waals surface area contributed by atoms with Crippen molar-refractivity contribution in [3.05, 3.63) is 54.2 Å². The van der Waals surface area contributed by atoms with Crippen LogP contribution >= 0.6 is 0 Å². The number of hydrogen-bond donors (Lipinski definition) is 2. The van der Waals surface area contributed by atoms with Crippen LogP contribution in [0.2, 0.25) is 0 Å². The van der Waals surface area contributed by atoms with Crippen LogP contribution in [0, 0.1) is 11.8 Å². The first-order chi connectivity index (χ1) is 17.0. The van der Waals surface area contributed by atoms with Gasteiger partial charge in [0.2, 0.25) is 0 Å². The average Bonchev–Trinajstić information content (AvgIpc) is 3.29. The zero-order chi connectivity index (χ0) is 24.8. The van der Waals surface area contributed by atoms with E-state index in [1.165, 1.54) is 0 Å². The van der Waals surface area contributed by atoms with Crippen molar-refractivity contribution < 1.29 is 19.7 Å². The number of carbonyl (C=O) groups is 1. The summed E-state index contributed by atoms with van der Waals surface area (Å²) in [5.74, 6) is 0.734. The lowest BCUT2D eigenvalue weighted by molar-refractivity contribution is -0.146. The highest BCUT2D eigenvalue weighted by molar-refractivity contribution is 5.83. The Morgan fingerprint density at radius 3 is 2.83 bits per heavy atom. The van der Waals surface area contributed by atoms with E-state index in [9.17, 15) is 15.0 Å². The van der Waals surface area contributed by atoms with E-state index < -0.39 is 18.0 Å². The number of hydrogen-bond acceptors (Lipinski definition) is 6. The molecule has 2 N–H and O–H groups in total. The summed E-state index contributed by atoms with van der Waals surface area (Å²) in [7, 11) is 3.63. The third-order valence-corrected chi connectivity index (χ3v) is 7.36. The first kappa shape index (κ1) is 25.1. The van der Waals surface area contributed by atoms with Gasteiger partial charge in [0.25, 0.3) is 0 Å². The Morgan fingerprint density at radius 2 is 2.09 bits per heavy atom. The number of likely N-dealkylation sites (tertiary alicyclic amines) is 1. The van der Waals surface area contributed by atoms with Crippen molar-refractivity contribution in [2.24, 2.45) is 18.9 Å². The minimum absolute atomic E-state index is 0.0635. The second-order valence-corrected chi connectivity index (χ2v) is 9.58. The molecule has 0 radical (unpaired) electrons. The van der Waals surface area contributed by atoms with Gasteiger partial charge in [0.15, 0.2) is 0 Å². The first-order valence-corrected chi connectivity index (χ1v) is 12.5. The van der Waals surface area contributed by atoms with Crippen molar-refractivity contribution in [2.45, 2.75) is 44.6 Å². The van der Waals surface area contributed by atoms with Crippen LogP contribution in [0.1, 0.15) is 49.6 Å². The number of carboxylic acid groups (broad SMARTS) is 1. The van der Waals surface area contributed by atoms with Crippen LogP contribution in [0.4, 0.5) is 0 Å². The number of rotatable bonds is 11. The summed E-state index contributed by atoms with van der Waals surface area (Å²) in [4.78, 5) is 23.1. The molecule has 3 heterocycles. The number of nitrogens with zero attached hydrogens (tertiary/aromatic N) is 4. The largest absolute Gasteiger partial charge is 0.497 e. The van der Waals surface area contributed by atoms with E-state index in [0.717, 1.165) is 66.8 Å². The van der Waals surface area contributed by atoms with E-state index >= 15 is 0 Å². The molecule has 2 aromatic heterocycles. The molecule has 0 amide bonds. The highest BCUT2D eigenvalue weighted by atomic mass is 16.5. The summed E-state index contributed by atoms with van der Waals surface area (Å²) >= 11 is 0. The highest BCUT2D eigenvalue weighted by Gasteiger charge is 2.34. The lowest BCUT2D eigenvalue weighted by Gasteiger charge is -2.37. The molecule has 3 aromatic rings. The molecule has 0 bridgehead atoms. The Kier molecular flexibility index (Phi) is 8.36. The number of benzene rings is 1. The zero-order valence-electron chi connectivity index (χ0n) is 20.6. The number of unbranched alkanes of at least 4 members (excludes halogenated alkanes) is 1. The molecule has 8 heteroatoms. The summed E-state index contributed by atoms with van der Waals surface area (Å²) in [5, 5.41) is 21.8. The van der Waals surface area contributed by atoms with Gasteiger partial charge in [-0.3, -0.25) is 9.78 Å². The summed E-state index contributed by atoms with van der Waals surface area (Å²) in [6.07, 6.45) is 9.87. The van der Waals surface area contributed by atoms with Gasteiger partial charge in [-0.25, -0.2) is 4.98 Å². The van der Waals surface area contributed by atoms with Crippen LogP contribution in [0.25, 0.3) is 10.9 Å². The smallest absolute Gasteiger partial charge is 0.308 e. The van der Waals surface area contributed by atoms with Crippen LogP contribution in [0.5, 0.6) is 5.75 Å². The molecule has 0 spiro atoms. The minimum Gasteiger partial charge on any atom is -0.497 e. The maximum Gasteiger partial charge on any atom is 0.308 e. The van der Waals surface area contributed by atoms with E-state index in [0.29, 0.717) is 19.4 Å². The molecular formula is C27H36N4O4. The summed E-state index contributed by atoms with van der Waals surface area (Å²) in [5.41, 5.74) is 1.62. The maximum absolute atomic E-state index is 12.1. The van der Waals surface area contributed by atoms with Crippen molar-refractivity contribution in [1.82, 2.24) is 19.4 Å². The van der Waals surface area contributed by atoms with Crippen molar-refractivity contribution in [3.63, 3.8) is 0 Å². The van der Waals surface area contributed by atoms with Crippen LogP contribution < -0.4 is 4.74 Å². The molecule has 1 aromatic carbocycles. The molecule has 0 unspecified atom stereocenters. The first-order valence-electron chi connectivity index (χ1n) is 12.5. The Hall–Kier alpha value is -2.97. The van der Waals surface area contributed by atoms with E-state index in [1.54, 1.807) is 13.3 Å². The number of methoxy groups -OCH3 is 1. The molecule has 0 aliphatic carbocycles. The summed E-state index contributed by atoms with van der Waals surface area (Å²) in [6, 6.07) is 7.48. The maximum atomic E-state index is 12.1. The topological polar surface area (TPSA) is 101 Å². The number of carboxylic acids is 1. The molecule has 1 saturated heterocycles. The molecule has 0 saturated carbocycles. The number of aliphatic hydroxyl groups excluding tert-OH is 1. The van der Waals surface area contributed by atoms with E-state index in [2.05, 4.69) is 14.9 Å². The highest BCUT2D eigenvalue weighted by Crippen LogP contribution is 2.33. The molecule has 8 nitrogen and oxygen atoms in total.